The van der Waals surface area contributed by atoms with Crippen LogP contribution in [-0.4, -0.2) is 15.0 Å². The number of benzene rings is 1. The van der Waals surface area contributed by atoms with Crippen LogP contribution in [-0.2, 0) is 0 Å². The predicted molar refractivity (Wildman–Crippen MR) is 59.1 cm³/mol. The molecule has 1 aromatic heterocycles. The second-order valence-electron chi connectivity index (χ2n) is 3.53. The summed E-state index contributed by atoms with van der Waals surface area (Å²) in [6.45, 7) is 3.42. The van der Waals surface area contributed by atoms with Crippen LogP contribution in [0.3, 0.4) is 0 Å². The molecular weight excluding hydrogens is 207 g/mol. The molecule has 4 nitrogen and oxygen atoms in total. The highest BCUT2D eigenvalue weighted by atomic mass is 19.1. The molecule has 0 amide bonds. The largest absolute Gasteiger partial charge is 0.368 e. The van der Waals surface area contributed by atoms with E-state index in [0.29, 0.717) is 17.2 Å². The molecule has 0 spiro atoms. The van der Waals surface area contributed by atoms with Crippen molar-refractivity contribution in [1.82, 2.24) is 15.0 Å². The third-order valence-corrected chi connectivity index (χ3v) is 2.18. The van der Waals surface area contributed by atoms with Crippen molar-refractivity contribution in [3.05, 3.63) is 35.4 Å². The first kappa shape index (κ1) is 10.5. The first-order valence-corrected chi connectivity index (χ1v) is 4.81. The number of hydrogen-bond donors (Lipinski definition) is 1. The van der Waals surface area contributed by atoms with Gasteiger partial charge in [0.1, 0.15) is 11.6 Å². The number of halogens is 1. The van der Waals surface area contributed by atoms with Crippen molar-refractivity contribution >= 4 is 5.95 Å². The Kier molecular flexibility index (Phi) is 2.52. The van der Waals surface area contributed by atoms with E-state index < -0.39 is 0 Å². The molecule has 0 aliphatic carbocycles. The number of anilines is 1. The minimum absolute atomic E-state index is 0.171. The Morgan fingerprint density at radius 3 is 2.50 bits per heavy atom. The van der Waals surface area contributed by atoms with E-state index in [-0.39, 0.29) is 11.8 Å². The Labute approximate surface area is 92.4 Å². The number of rotatable bonds is 1. The Balaban J connectivity index is 2.54. The van der Waals surface area contributed by atoms with Gasteiger partial charge in [-0.25, -0.2) is 9.37 Å². The summed E-state index contributed by atoms with van der Waals surface area (Å²) in [5.41, 5.74) is 6.81. The van der Waals surface area contributed by atoms with Crippen LogP contribution in [0.5, 0.6) is 0 Å². The molecule has 0 aliphatic heterocycles. The highest BCUT2D eigenvalue weighted by Gasteiger charge is 2.06. The van der Waals surface area contributed by atoms with Crippen molar-refractivity contribution in [2.24, 2.45) is 0 Å². The molecule has 1 heterocycles. The molecule has 82 valence electrons. The molecule has 16 heavy (non-hydrogen) atoms. The minimum atomic E-state index is -0.248. The molecule has 0 aliphatic rings. The summed E-state index contributed by atoms with van der Waals surface area (Å²) in [7, 11) is 0. The molecule has 0 saturated heterocycles. The molecule has 0 radical (unpaired) electrons. The molecule has 2 rings (SSSR count). The van der Waals surface area contributed by atoms with Crippen LogP contribution in [0.25, 0.3) is 11.4 Å². The average Bonchev–Trinajstić information content (AvgIpc) is 2.20. The number of aryl methyl sites for hydroxylation is 2. The summed E-state index contributed by atoms with van der Waals surface area (Å²) in [5, 5.41) is 0. The van der Waals surface area contributed by atoms with Gasteiger partial charge in [-0.05, 0) is 37.6 Å². The third kappa shape index (κ3) is 1.98. The first-order valence-electron chi connectivity index (χ1n) is 4.81. The van der Waals surface area contributed by atoms with E-state index >= 15 is 0 Å². The minimum Gasteiger partial charge on any atom is -0.368 e. The van der Waals surface area contributed by atoms with Crippen LogP contribution in [0.15, 0.2) is 18.2 Å². The van der Waals surface area contributed by atoms with Gasteiger partial charge in [0, 0.05) is 5.56 Å². The van der Waals surface area contributed by atoms with Crippen LogP contribution in [0, 0.1) is 19.7 Å². The van der Waals surface area contributed by atoms with Gasteiger partial charge in [-0.2, -0.15) is 9.97 Å². The monoisotopic (exact) mass is 218 g/mol. The number of nitrogen functional groups attached to an aromatic ring is 1. The van der Waals surface area contributed by atoms with Crippen LogP contribution >= 0.6 is 0 Å². The maximum absolute atomic E-state index is 13.1. The van der Waals surface area contributed by atoms with E-state index in [9.17, 15) is 4.39 Å². The van der Waals surface area contributed by atoms with E-state index in [1.54, 1.807) is 26.0 Å². The Bertz CT molecular complexity index is 519. The molecule has 0 atom stereocenters. The first-order chi connectivity index (χ1) is 7.56. The van der Waals surface area contributed by atoms with Crippen LogP contribution < -0.4 is 5.73 Å². The number of nitrogens with two attached hydrogens (primary N) is 1. The molecule has 5 heteroatoms. The van der Waals surface area contributed by atoms with Crippen molar-refractivity contribution in [2.45, 2.75) is 13.8 Å². The molecule has 1 aromatic carbocycles. The summed E-state index contributed by atoms with van der Waals surface area (Å²) in [4.78, 5) is 12.0. The standard InChI is InChI=1S/C11H11FN4/c1-6-5-8(3-4-9(6)12)10-14-7(2)15-11(13)16-10/h3-5H,1-2H3,(H2,13,14,15,16). The van der Waals surface area contributed by atoms with E-state index in [1.165, 1.54) is 6.07 Å². The fourth-order valence-electron chi connectivity index (χ4n) is 1.42. The fourth-order valence-corrected chi connectivity index (χ4v) is 1.42. The summed E-state index contributed by atoms with van der Waals surface area (Å²) in [6.07, 6.45) is 0. The zero-order chi connectivity index (χ0) is 11.7. The van der Waals surface area contributed by atoms with Crippen LogP contribution in [0.2, 0.25) is 0 Å². The third-order valence-electron chi connectivity index (χ3n) is 2.18. The molecule has 0 saturated carbocycles. The summed E-state index contributed by atoms with van der Waals surface area (Å²) >= 11 is 0. The molecule has 0 fully saturated rings. The lowest BCUT2D eigenvalue weighted by molar-refractivity contribution is 0.618. The molecule has 2 N–H and O–H groups in total. The second kappa shape index (κ2) is 3.84. The summed E-state index contributed by atoms with van der Waals surface area (Å²) < 4.78 is 13.1. The zero-order valence-corrected chi connectivity index (χ0v) is 9.03. The van der Waals surface area contributed by atoms with Gasteiger partial charge in [-0.15, -0.1) is 0 Å². The quantitative estimate of drug-likeness (QED) is 0.793. The molecule has 2 aromatic rings. The van der Waals surface area contributed by atoms with Crippen LogP contribution in [0.4, 0.5) is 10.3 Å². The normalized spacial score (nSPS) is 10.4. The number of aromatic nitrogens is 3. The van der Waals surface area contributed by atoms with Gasteiger partial charge in [0.25, 0.3) is 0 Å². The van der Waals surface area contributed by atoms with Crippen molar-refractivity contribution in [1.29, 1.82) is 0 Å². The summed E-state index contributed by atoms with van der Waals surface area (Å²) in [6, 6.07) is 4.69. The zero-order valence-electron chi connectivity index (χ0n) is 9.03. The van der Waals surface area contributed by atoms with Gasteiger partial charge >= 0.3 is 0 Å². The summed E-state index contributed by atoms with van der Waals surface area (Å²) in [5.74, 6) is 0.935. The van der Waals surface area contributed by atoms with Gasteiger partial charge in [0.2, 0.25) is 5.95 Å². The van der Waals surface area contributed by atoms with Gasteiger partial charge in [0.05, 0.1) is 0 Å². The SMILES string of the molecule is Cc1nc(N)nc(-c2ccc(F)c(C)c2)n1. The highest BCUT2D eigenvalue weighted by molar-refractivity contribution is 5.57. The van der Waals surface area contributed by atoms with Gasteiger partial charge in [-0.1, -0.05) is 0 Å². The van der Waals surface area contributed by atoms with Crippen molar-refractivity contribution < 1.29 is 4.39 Å². The van der Waals surface area contributed by atoms with Crippen LogP contribution in [0.1, 0.15) is 11.4 Å². The van der Waals surface area contributed by atoms with Gasteiger partial charge < -0.3 is 5.73 Å². The Hall–Kier alpha value is -2.04. The number of hydrogen-bond acceptors (Lipinski definition) is 4. The Morgan fingerprint density at radius 2 is 1.88 bits per heavy atom. The van der Waals surface area contributed by atoms with Crippen molar-refractivity contribution in [3.8, 4) is 11.4 Å². The number of nitrogens with zero attached hydrogens (tertiary/aromatic N) is 3. The van der Waals surface area contributed by atoms with Gasteiger partial charge in [-0.3, -0.25) is 0 Å². The predicted octanol–water partition coefficient (Wildman–Crippen LogP) is 1.88. The van der Waals surface area contributed by atoms with Crippen molar-refractivity contribution in [2.75, 3.05) is 5.73 Å². The lowest BCUT2D eigenvalue weighted by atomic mass is 10.1. The maximum Gasteiger partial charge on any atom is 0.223 e. The lowest BCUT2D eigenvalue weighted by Gasteiger charge is -2.03. The van der Waals surface area contributed by atoms with E-state index in [2.05, 4.69) is 15.0 Å². The molecular formula is C11H11FN4. The smallest absolute Gasteiger partial charge is 0.223 e. The average molecular weight is 218 g/mol. The topological polar surface area (TPSA) is 64.7 Å². The van der Waals surface area contributed by atoms with E-state index in [1.807, 2.05) is 0 Å². The van der Waals surface area contributed by atoms with Crippen molar-refractivity contribution in [3.63, 3.8) is 0 Å². The molecule has 0 unspecified atom stereocenters. The Morgan fingerprint density at radius 1 is 1.12 bits per heavy atom. The molecule has 0 bridgehead atoms. The fraction of sp³-hybridized carbons (Fsp3) is 0.182. The lowest BCUT2D eigenvalue weighted by Crippen LogP contribution is -2.02. The highest BCUT2D eigenvalue weighted by Crippen LogP contribution is 2.18. The van der Waals surface area contributed by atoms with E-state index in [0.717, 1.165) is 5.56 Å². The second-order valence-corrected chi connectivity index (χ2v) is 3.53. The van der Waals surface area contributed by atoms with Gasteiger partial charge in [0.15, 0.2) is 5.82 Å². The maximum atomic E-state index is 13.1. The van der Waals surface area contributed by atoms with E-state index in [4.69, 9.17) is 5.73 Å².